The molecule has 5 heteroatoms. The fraction of sp³-hybridized carbons (Fsp3) is 0.409. The Morgan fingerprint density at radius 2 is 1.63 bits per heavy atom. The smallest absolute Gasteiger partial charge is 0.253 e. The average Bonchev–Trinajstić information content (AvgIpc) is 2.66. The Kier molecular flexibility index (Phi) is 7.25. The van der Waals surface area contributed by atoms with Crippen LogP contribution in [0.25, 0.3) is 0 Å². The number of carbonyl (C=O) groups is 1. The number of rotatable bonds is 8. The fourth-order valence-electron chi connectivity index (χ4n) is 2.93. The maximum atomic E-state index is 12.5. The number of hydrogen-bond acceptors (Lipinski definition) is 4. The lowest BCUT2D eigenvalue weighted by Crippen LogP contribution is -2.36. The van der Waals surface area contributed by atoms with E-state index in [0.717, 1.165) is 17.9 Å². The van der Waals surface area contributed by atoms with Crippen molar-refractivity contribution in [2.24, 2.45) is 0 Å². The van der Waals surface area contributed by atoms with Gasteiger partial charge in [-0.25, -0.2) is 0 Å². The quantitative estimate of drug-likeness (QED) is 0.765. The second-order valence-electron chi connectivity index (χ2n) is 6.97. The molecule has 0 saturated heterocycles. The zero-order valence-corrected chi connectivity index (χ0v) is 17.0. The third-order valence-electron chi connectivity index (χ3n) is 4.95. The molecule has 1 amide bonds. The maximum Gasteiger partial charge on any atom is 0.253 e. The molecule has 0 radical (unpaired) electrons. The lowest BCUT2D eigenvalue weighted by Gasteiger charge is -2.31. The summed E-state index contributed by atoms with van der Waals surface area (Å²) >= 11 is 0. The highest BCUT2D eigenvalue weighted by molar-refractivity contribution is 5.94. The predicted octanol–water partition coefficient (Wildman–Crippen LogP) is 3.96. The molecular formula is C22H31N3O2. The summed E-state index contributed by atoms with van der Waals surface area (Å²) in [6, 6.07) is 15.3. The van der Waals surface area contributed by atoms with E-state index in [0.29, 0.717) is 24.7 Å². The van der Waals surface area contributed by atoms with Crippen molar-refractivity contribution in [3.05, 3.63) is 54.1 Å². The van der Waals surface area contributed by atoms with Crippen LogP contribution in [0, 0.1) is 0 Å². The minimum Gasteiger partial charge on any atom is -0.508 e. The van der Waals surface area contributed by atoms with Crippen LogP contribution >= 0.6 is 0 Å². The third kappa shape index (κ3) is 5.23. The van der Waals surface area contributed by atoms with Gasteiger partial charge in [-0.3, -0.25) is 4.79 Å². The van der Waals surface area contributed by atoms with Crippen molar-refractivity contribution in [3.63, 3.8) is 0 Å². The van der Waals surface area contributed by atoms with Crippen LogP contribution in [0.1, 0.15) is 31.1 Å². The van der Waals surface area contributed by atoms with E-state index in [2.05, 4.69) is 30.8 Å². The summed E-state index contributed by atoms with van der Waals surface area (Å²) in [4.78, 5) is 18.7. The second kappa shape index (κ2) is 9.42. The van der Waals surface area contributed by atoms with Crippen LogP contribution in [-0.2, 0) is 0 Å². The van der Waals surface area contributed by atoms with Crippen molar-refractivity contribution < 1.29 is 9.90 Å². The molecule has 0 aliphatic heterocycles. The van der Waals surface area contributed by atoms with Crippen LogP contribution in [0.3, 0.4) is 0 Å². The summed E-state index contributed by atoms with van der Waals surface area (Å²) in [6.45, 7) is 8.30. The topological polar surface area (TPSA) is 47.0 Å². The average molecular weight is 370 g/mol. The molecule has 0 spiro atoms. The molecule has 0 aliphatic rings. The molecule has 0 saturated carbocycles. The number of amides is 1. The van der Waals surface area contributed by atoms with E-state index < -0.39 is 0 Å². The van der Waals surface area contributed by atoms with E-state index in [-0.39, 0.29) is 11.7 Å². The van der Waals surface area contributed by atoms with E-state index >= 15 is 0 Å². The summed E-state index contributed by atoms with van der Waals surface area (Å²) < 4.78 is 0. The SMILES string of the molecule is CCN(CC)C(=O)c1ccc(N(CC(C)N(C)C)c2cccc(O)c2)cc1. The molecule has 1 N–H and O–H groups in total. The molecule has 146 valence electrons. The zero-order valence-electron chi connectivity index (χ0n) is 17.0. The Labute approximate surface area is 162 Å². The number of hydrogen-bond donors (Lipinski definition) is 1. The molecule has 0 aliphatic carbocycles. The number of carbonyl (C=O) groups excluding carboxylic acids is 1. The number of likely N-dealkylation sites (N-methyl/N-ethyl adjacent to an activating group) is 1. The Bertz CT molecular complexity index is 739. The van der Waals surface area contributed by atoms with Gasteiger partial charge < -0.3 is 19.8 Å². The lowest BCUT2D eigenvalue weighted by molar-refractivity contribution is 0.0773. The monoisotopic (exact) mass is 369 g/mol. The highest BCUT2D eigenvalue weighted by atomic mass is 16.3. The van der Waals surface area contributed by atoms with Crippen LogP contribution in [0.15, 0.2) is 48.5 Å². The molecule has 5 nitrogen and oxygen atoms in total. The van der Waals surface area contributed by atoms with Crippen LogP contribution in [0.4, 0.5) is 11.4 Å². The van der Waals surface area contributed by atoms with Crippen molar-refractivity contribution in [1.29, 1.82) is 0 Å². The molecule has 0 heterocycles. The summed E-state index contributed by atoms with van der Waals surface area (Å²) in [7, 11) is 4.11. The number of anilines is 2. The van der Waals surface area contributed by atoms with E-state index in [4.69, 9.17) is 0 Å². The Morgan fingerprint density at radius 1 is 1.00 bits per heavy atom. The van der Waals surface area contributed by atoms with Gasteiger partial charge in [0.1, 0.15) is 5.75 Å². The van der Waals surface area contributed by atoms with Gasteiger partial charge in [0.2, 0.25) is 0 Å². The number of phenolic OH excluding ortho intramolecular Hbond substituents is 1. The predicted molar refractivity (Wildman–Crippen MR) is 112 cm³/mol. The zero-order chi connectivity index (χ0) is 20.0. The first-order valence-electron chi connectivity index (χ1n) is 9.49. The van der Waals surface area contributed by atoms with Crippen LogP contribution < -0.4 is 4.90 Å². The molecule has 0 bridgehead atoms. The number of aromatic hydroxyl groups is 1. The number of benzene rings is 2. The van der Waals surface area contributed by atoms with E-state index in [1.165, 1.54) is 0 Å². The lowest BCUT2D eigenvalue weighted by atomic mass is 10.1. The van der Waals surface area contributed by atoms with Crippen LogP contribution in [0.2, 0.25) is 0 Å². The van der Waals surface area contributed by atoms with Gasteiger partial charge in [-0.1, -0.05) is 6.07 Å². The first-order valence-corrected chi connectivity index (χ1v) is 9.49. The minimum absolute atomic E-state index is 0.0529. The summed E-state index contributed by atoms with van der Waals surface area (Å²) in [5.74, 6) is 0.292. The van der Waals surface area contributed by atoms with E-state index in [1.807, 2.05) is 55.1 Å². The van der Waals surface area contributed by atoms with E-state index in [9.17, 15) is 9.90 Å². The summed E-state index contributed by atoms with van der Waals surface area (Å²) in [5.41, 5.74) is 2.61. The molecule has 1 atom stereocenters. The fourth-order valence-corrected chi connectivity index (χ4v) is 2.93. The van der Waals surface area contributed by atoms with Gasteiger partial charge in [0.15, 0.2) is 0 Å². The highest BCUT2D eigenvalue weighted by Crippen LogP contribution is 2.29. The van der Waals surface area contributed by atoms with Crippen LogP contribution in [0.5, 0.6) is 5.75 Å². The highest BCUT2D eigenvalue weighted by Gasteiger charge is 2.17. The van der Waals surface area contributed by atoms with Gasteiger partial charge in [-0.05, 0) is 71.3 Å². The Balaban J connectivity index is 2.34. The summed E-state index contributed by atoms with van der Waals surface area (Å²) in [5, 5.41) is 9.90. The summed E-state index contributed by atoms with van der Waals surface area (Å²) in [6.07, 6.45) is 0. The Hall–Kier alpha value is -2.53. The largest absolute Gasteiger partial charge is 0.508 e. The first-order chi connectivity index (χ1) is 12.9. The minimum atomic E-state index is 0.0529. The van der Waals surface area contributed by atoms with E-state index in [1.54, 1.807) is 12.1 Å². The van der Waals surface area contributed by atoms with Gasteiger partial charge >= 0.3 is 0 Å². The van der Waals surface area contributed by atoms with Gasteiger partial charge in [-0.2, -0.15) is 0 Å². The van der Waals surface area contributed by atoms with Gasteiger partial charge in [0.05, 0.1) is 0 Å². The molecule has 2 aromatic rings. The molecular weight excluding hydrogens is 338 g/mol. The maximum absolute atomic E-state index is 12.5. The van der Waals surface area contributed by atoms with Gasteiger partial charge in [0, 0.05) is 48.7 Å². The normalized spacial score (nSPS) is 12.1. The molecule has 1 unspecified atom stereocenters. The first kappa shape index (κ1) is 20.8. The van der Waals surface area contributed by atoms with Gasteiger partial charge in [-0.15, -0.1) is 0 Å². The van der Waals surface area contributed by atoms with Crippen molar-refractivity contribution in [2.75, 3.05) is 38.6 Å². The molecule has 0 fully saturated rings. The Morgan fingerprint density at radius 3 is 2.15 bits per heavy atom. The third-order valence-corrected chi connectivity index (χ3v) is 4.95. The molecule has 27 heavy (non-hydrogen) atoms. The second-order valence-corrected chi connectivity index (χ2v) is 6.97. The van der Waals surface area contributed by atoms with Crippen molar-refractivity contribution in [2.45, 2.75) is 26.8 Å². The standard InChI is InChI=1S/C22H31N3O2/c1-6-24(7-2)22(27)18-11-13-19(14-12-18)25(16-17(3)23(4)5)20-9-8-10-21(26)15-20/h8-15,17,26H,6-7,16H2,1-5H3. The van der Waals surface area contributed by atoms with Gasteiger partial charge in [0.25, 0.3) is 5.91 Å². The molecule has 2 aromatic carbocycles. The molecule has 2 rings (SSSR count). The number of nitrogens with zero attached hydrogens (tertiary/aromatic N) is 3. The van der Waals surface area contributed by atoms with Crippen molar-refractivity contribution >= 4 is 17.3 Å². The number of phenols is 1. The van der Waals surface area contributed by atoms with Crippen molar-refractivity contribution in [3.8, 4) is 5.75 Å². The molecule has 0 aromatic heterocycles. The van der Waals surface area contributed by atoms with Crippen molar-refractivity contribution in [1.82, 2.24) is 9.80 Å². The van der Waals surface area contributed by atoms with Crippen LogP contribution in [-0.4, -0.2) is 60.6 Å².